The van der Waals surface area contributed by atoms with Gasteiger partial charge in [0.25, 0.3) is 0 Å². The third kappa shape index (κ3) is 5.35. The second-order valence-electron chi connectivity index (χ2n) is 6.99. The van der Waals surface area contributed by atoms with Crippen LogP contribution in [0.5, 0.6) is 0 Å². The van der Waals surface area contributed by atoms with Gasteiger partial charge >= 0.3 is 0 Å². The van der Waals surface area contributed by atoms with Crippen LogP contribution in [0.25, 0.3) is 0 Å². The van der Waals surface area contributed by atoms with Crippen molar-refractivity contribution in [2.24, 2.45) is 0 Å². The number of sulfonamides is 1. The number of anilines is 1. The van der Waals surface area contributed by atoms with Gasteiger partial charge in [-0.1, -0.05) is 23.9 Å². The molecule has 1 fully saturated rings. The summed E-state index contributed by atoms with van der Waals surface area (Å²) in [7, 11) is -3.64. The SMILES string of the molecule is C[C@@H](Sc1nnnn1Cc1cccs1)C(=O)Nc1cccc(S(=O)(=O)N2CCOCC2)c1. The van der Waals surface area contributed by atoms with Crippen LogP contribution in [0.3, 0.4) is 0 Å². The maximum absolute atomic E-state index is 12.9. The maximum Gasteiger partial charge on any atom is 0.243 e. The van der Waals surface area contributed by atoms with Crippen LogP contribution in [-0.2, 0) is 26.1 Å². The van der Waals surface area contributed by atoms with Crippen LogP contribution in [0.4, 0.5) is 5.69 Å². The Morgan fingerprint density at radius 2 is 2.09 bits per heavy atom. The average Bonchev–Trinajstić information content (AvgIpc) is 3.47. The normalized spacial score (nSPS) is 16.0. The first-order valence-electron chi connectivity index (χ1n) is 9.87. The van der Waals surface area contributed by atoms with Crippen LogP contribution in [0.2, 0.25) is 0 Å². The Hall–Kier alpha value is -2.32. The molecule has 1 atom stereocenters. The van der Waals surface area contributed by atoms with E-state index in [9.17, 15) is 13.2 Å². The lowest BCUT2D eigenvalue weighted by Gasteiger charge is -2.26. The number of nitrogens with zero attached hydrogens (tertiary/aromatic N) is 5. The quantitative estimate of drug-likeness (QED) is 0.472. The summed E-state index contributed by atoms with van der Waals surface area (Å²) in [6.07, 6.45) is 0. The molecular formula is C19H22N6O4S3. The molecule has 1 aromatic carbocycles. The van der Waals surface area contributed by atoms with E-state index < -0.39 is 15.3 Å². The standard InChI is InChI=1S/C19H22N6O4S3/c1-14(31-19-21-22-23-25(19)13-16-5-3-11-30-16)18(26)20-15-4-2-6-17(12-15)32(27,28)24-7-9-29-10-8-24/h2-6,11-12,14H,7-10,13H2,1H3,(H,20,26)/t14-/m1/s1. The predicted octanol–water partition coefficient (Wildman–Crippen LogP) is 1.92. The Bertz CT molecular complexity index is 1160. The minimum absolute atomic E-state index is 0.136. The molecule has 170 valence electrons. The molecule has 32 heavy (non-hydrogen) atoms. The number of tetrazole rings is 1. The van der Waals surface area contributed by atoms with Crippen molar-refractivity contribution >= 4 is 44.7 Å². The molecule has 10 nitrogen and oxygen atoms in total. The first-order chi connectivity index (χ1) is 15.4. The molecule has 3 aromatic rings. The Labute approximate surface area is 194 Å². The summed E-state index contributed by atoms with van der Waals surface area (Å²) < 4.78 is 34.0. The summed E-state index contributed by atoms with van der Waals surface area (Å²) in [5, 5.41) is 16.5. The maximum atomic E-state index is 12.9. The Morgan fingerprint density at radius 3 is 2.84 bits per heavy atom. The van der Waals surface area contributed by atoms with Crippen LogP contribution >= 0.6 is 23.1 Å². The van der Waals surface area contributed by atoms with Gasteiger partial charge in [-0.3, -0.25) is 4.79 Å². The molecule has 0 spiro atoms. The molecule has 0 bridgehead atoms. The minimum atomic E-state index is -3.64. The number of ether oxygens (including phenoxy) is 1. The lowest BCUT2D eigenvalue weighted by molar-refractivity contribution is -0.115. The van der Waals surface area contributed by atoms with Crippen molar-refractivity contribution in [3.05, 3.63) is 46.7 Å². The molecule has 4 rings (SSSR count). The summed E-state index contributed by atoms with van der Waals surface area (Å²) in [5.74, 6) is -0.276. The van der Waals surface area contributed by atoms with Gasteiger partial charge in [-0.15, -0.1) is 16.4 Å². The van der Waals surface area contributed by atoms with Crippen molar-refractivity contribution in [1.29, 1.82) is 0 Å². The van der Waals surface area contributed by atoms with E-state index >= 15 is 0 Å². The lowest BCUT2D eigenvalue weighted by atomic mass is 10.3. The highest BCUT2D eigenvalue weighted by molar-refractivity contribution is 8.00. The summed E-state index contributed by atoms with van der Waals surface area (Å²) in [6.45, 7) is 3.65. The highest BCUT2D eigenvalue weighted by Crippen LogP contribution is 2.24. The van der Waals surface area contributed by atoms with Crippen LogP contribution in [0.15, 0.2) is 51.8 Å². The average molecular weight is 495 g/mol. The van der Waals surface area contributed by atoms with E-state index in [1.165, 1.54) is 28.2 Å². The molecule has 0 aliphatic carbocycles. The van der Waals surface area contributed by atoms with Crippen molar-refractivity contribution in [2.75, 3.05) is 31.6 Å². The van der Waals surface area contributed by atoms with E-state index in [0.717, 1.165) is 4.88 Å². The number of benzene rings is 1. The second-order valence-corrected chi connectivity index (χ2v) is 11.3. The van der Waals surface area contributed by atoms with Crippen molar-refractivity contribution in [2.45, 2.75) is 28.8 Å². The number of amides is 1. The molecule has 0 unspecified atom stereocenters. The monoisotopic (exact) mass is 494 g/mol. The van der Waals surface area contributed by atoms with Gasteiger partial charge in [0, 0.05) is 23.7 Å². The lowest BCUT2D eigenvalue weighted by Crippen LogP contribution is -2.40. The number of aromatic nitrogens is 4. The number of thioether (sulfide) groups is 1. The predicted molar refractivity (Wildman–Crippen MR) is 121 cm³/mol. The van der Waals surface area contributed by atoms with E-state index in [0.29, 0.717) is 43.7 Å². The number of hydrogen-bond donors (Lipinski definition) is 1. The van der Waals surface area contributed by atoms with Crippen LogP contribution in [0, 0.1) is 0 Å². The summed E-state index contributed by atoms with van der Waals surface area (Å²) in [5.41, 5.74) is 0.412. The van der Waals surface area contributed by atoms with E-state index in [4.69, 9.17) is 4.74 Å². The largest absolute Gasteiger partial charge is 0.379 e. The number of carbonyl (C=O) groups is 1. The van der Waals surface area contributed by atoms with Crippen molar-refractivity contribution in [3.63, 3.8) is 0 Å². The van der Waals surface area contributed by atoms with Crippen LogP contribution < -0.4 is 5.32 Å². The topological polar surface area (TPSA) is 119 Å². The molecule has 1 amide bonds. The molecule has 13 heteroatoms. The Morgan fingerprint density at radius 1 is 1.28 bits per heavy atom. The zero-order valence-corrected chi connectivity index (χ0v) is 19.7. The van der Waals surface area contributed by atoms with E-state index in [1.807, 2.05) is 17.5 Å². The van der Waals surface area contributed by atoms with Gasteiger partial charge in [-0.2, -0.15) is 4.31 Å². The summed E-state index contributed by atoms with van der Waals surface area (Å²) in [6, 6.07) is 10.2. The van der Waals surface area contributed by atoms with Gasteiger partial charge in [0.1, 0.15) is 0 Å². The molecular weight excluding hydrogens is 472 g/mol. The van der Waals surface area contributed by atoms with Gasteiger partial charge < -0.3 is 10.1 Å². The fraction of sp³-hybridized carbons (Fsp3) is 0.368. The van der Waals surface area contributed by atoms with E-state index in [-0.39, 0.29) is 10.8 Å². The number of rotatable bonds is 8. The van der Waals surface area contributed by atoms with Crippen LogP contribution in [-0.4, -0.2) is 70.4 Å². The zero-order valence-electron chi connectivity index (χ0n) is 17.2. The van der Waals surface area contributed by atoms with Crippen LogP contribution in [0.1, 0.15) is 11.8 Å². The van der Waals surface area contributed by atoms with Crippen molar-refractivity contribution < 1.29 is 17.9 Å². The third-order valence-electron chi connectivity index (χ3n) is 4.75. The van der Waals surface area contributed by atoms with Gasteiger partial charge in [-0.05, 0) is 47.0 Å². The van der Waals surface area contributed by atoms with Gasteiger partial charge in [0.15, 0.2) is 0 Å². The number of carbonyl (C=O) groups excluding carboxylic acids is 1. The molecule has 1 aliphatic rings. The molecule has 1 saturated heterocycles. The van der Waals surface area contributed by atoms with Gasteiger partial charge in [0.2, 0.25) is 21.1 Å². The number of morpholine rings is 1. The van der Waals surface area contributed by atoms with Crippen molar-refractivity contribution in [1.82, 2.24) is 24.5 Å². The number of hydrogen-bond acceptors (Lipinski definition) is 9. The summed E-state index contributed by atoms with van der Waals surface area (Å²) >= 11 is 2.84. The first kappa shape index (κ1) is 22.9. The number of nitrogens with one attached hydrogen (secondary N) is 1. The molecule has 0 radical (unpaired) electrons. The Balaban J connectivity index is 1.41. The fourth-order valence-corrected chi connectivity index (χ4v) is 5.98. The minimum Gasteiger partial charge on any atom is -0.379 e. The molecule has 3 heterocycles. The van der Waals surface area contributed by atoms with Crippen molar-refractivity contribution in [3.8, 4) is 0 Å². The smallest absolute Gasteiger partial charge is 0.243 e. The fourth-order valence-electron chi connectivity index (χ4n) is 3.06. The first-order valence-corrected chi connectivity index (χ1v) is 13.1. The highest BCUT2D eigenvalue weighted by atomic mass is 32.2. The van der Waals surface area contributed by atoms with Gasteiger partial charge in [0.05, 0.1) is 29.9 Å². The molecule has 1 aliphatic heterocycles. The number of thiophene rings is 1. The molecule has 0 saturated carbocycles. The zero-order chi connectivity index (χ0) is 22.6. The van der Waals surface area contributed by atoms with E-state index in [2.05, 4.69) is 20.8 Å². The summed E-state index contributed by atoms with van der Waals surface area (Å²) in [4.78, 5) is 14.0. The van der Waals surface area contributed by atoms with E-state index in [1.54, 1.807) is 35.1 Å². The van der Waals surface area contributed by atoms with Gasteiger partial charge in [-0.25, -0.2) is 13.1 Å². The molecule has 1 N–H and O–H groups in total. The highest BCUT2D eigenvalue weighted by Gasteiger charge is 2.27. The molecule has 2 aromatic heterocycles. The second kappa shape index (κ2) is 10.1. The third-order valence-corrected chi connectivity index (χ3v) is 8.57. The Kier molecular flexibility index (Phi) is 7.20.